The number of hydrogen-bond acceptors (Lipinski definition) is 18. The van der Waals surface area contributed by atoms with Gasteiger partial charge in [-0.3, -0.25) is 28.2 Å². The lowest BCUT2D eigenvalue weighted by molar-refractivity contribution is -0.438. The Labute approximate surface area is 429 Å². The molecule has 75 heavy (non-hydrogen) atoms. The van der Waals surface area contributed by atoms with Gasteiger partial charge in [-0.1, -0.05) is 32.1 Å². The van der Waals surface area contributed by atoms with E-state index in [1.54, 1.807) is 12.1 Å². The van der Waals surface area contributed by atoms with Crippen molar-refractivity contribution in [2.45, 2.75) is 105 Å². The van der Waals surface area contributed by atoms with Crippen LogP contribution in [0.4, 0.5) is 11.4 Å². The smallest absolute Gasteiger partial charge is 0.490 e. The second-order valence-electron chi connectivity index (χ2n) is 18.4. The van der Waals surface area contributed by atoms with Crippen LogP contribution >= 0.6 is 23.5 Å². The van der Waals surface area contributed by atoms with Crippen LogP contribution in [0.25, 0.3) is 6.08 Å². The molecule has 0 spiro atoms. The summed E-state index contributed by atoms with van der Waals surface area (Å²) in [5.74, 6) is -0.338. The van der Waals surface area contributed by atoms with Gasteiger partial charge < -0.3 is 49.3 Å². The van der Waals surface area contributed by atoms with Gasteiger partial charge in [0.1, 0.15) is 35.0 Å². The summed E-state index contributed by atoms with van der Waals surface area (Å²) in [7, 11) is -26.4. The van der Waals surface area contributed by atoms with Crippen molar-refractivity contribution < 1.29 is 96.7 Å². The lowest BCUT2D eigenvalue weighted by Gasteiger charge is -2.25. The summed E-state index contributed by atoms with van der Waals surface area (Å²) < 4.78 is 124. The number of fused-ring (bicyclic) bond motifs is 2. The maximum absolute atomic E-state index is 12.8. The Balaban J connectivity index is 1.07. The molecule has 3 aromatic rings. The van der Waals surface area contributed by atoms with Gasteiger partial charge in [0.2, 0.25) is 11.6 Å². The minimum atomic E-state index is -5.87. The third-order valence-corrected chi connectivity index (χ3v) is 18.0. The molecule has 6 atom stereocenters. The zero-order valence-electron chi connectivity index (χ0n) is 40.6. The van der Waals surface area contributed by atoms with Crippen molar-refractivity contribution in [2.75, 3.05) is 31.1 Å². The highest BCUT2D eigenvalue weighted by atomic mass is 32.2. The molecule has 2 unspecified atom stereocenters. The van der Waals surface area contributed by atoms with Crippen LogP contribution in [0.5, 0.6) is 0 Å². The summed E-state index contributed by atoms with van der Waals surface area (Å²) in [5, 5.41) is 23.8. The van der Waals surface area contributed by atoms with Crippen molar-refractivity contribution in [3.05, 3.63) is 110 Å². The van der Waals surface area contributed by atoms with Gasteiger partial charge in [0.25, 0.3) is 15.7 Å². The van der Waals surface area contributed by atoms with Gasteiger partial charge in [0.05, 0.1) is 27.4 Å². The second kappa shape index (κ2) is 22.4. The minimum Gasteiger partial charge on any atom is -0.744 e. The Kier molecular flexibility index (Phi) is 17.8. The fraction of sp³-hybridized carbons (Fsp3) is 0.442. The third kappa shape index (κ3) is 13.9. The molecule has 0 aliphatic carbocycles. The molecule has 3 aliphatic heterocycles. The van der Waals surface area contributed by atoms with Gasteiger partial charge >= 0.3 is 29.2 Å². The highest BCUT2D eigenvalue weighted by Gasteiger charge is 2.48. The van der Waals surface area contributed by atoms with Crippen molar-refractivity contribution in [1.29, 1.82) is 0 Å². The number of H-pyrrole nitrogens is 1. The summed E-state index contributed by atoms with van der Waals surface area (Å²) in [5.41, 5.74) is 0.813. The van der Waals surface area contributed by atoms with Gasteiger partial charge in [-0.15, -0.1) is 0 Å². The van der Waals surface area contributed by atoms with E-state index in [4.69, 9.17) is 14.5 Å². The molecule has 27 nitrogen and oxygen atoms in total. The molecule has 1 fully saturated rings. The second-order valence-corrected chi connectivity index (χ2v) is 25.7. The number of aromatic amines is 1. The standard InChI is InChI=1S/C43H56N5O22P3S2/c1-6-46-31-18-16-27(74(61,62)63)22-29(31)42(2,3)34(46)13-10-14-35-43(4,5)30-23-28(75(64,65)66)17-19-32(30)47(35)21-9-7-8-15-36(49)44-20-11-12-26-24-48(41(53)45-39(26)52)40-38(51)37(50)33(68-40)25-67-72(57,58)70-73(59,60)69-71(54,55)56/h10-14,16-19,22-24,33,37-38,40,50-51H,6-9,15,20-21,25H2,1-5H3,(H7-,44,45,49,52,53,54,55,56,57,58,59,60,61,62,63,64,65,66)/b12-11+/t33-,37-,38-,40-/m1/s1. The molecule has 1 aromatic heterocycles. The number of rotatable bonds is 22. The average molecular weight is 1150 g/mol. The number of aliphatic hydroxyl groups excluding tert-OH is 2. The van der Waals surface area contributed by atoms with E-state index in [0.717, 1.165) is 29.0 Å². The number of aromatic nitrogens is 2. The van der Waals surface area contributed by atoms with Crippen LogP contribution in [-0.4, -0.2) is 126 Å². The Hall–Kier alpha value is -4.61. The van der Waals surface area contributed by atoms with E-state index >= 15 is 0 Å². The number of allylic oxidation sites excluding steroid dienone is 4. The average Bonchev–Trinajstić information content (AvgIpc) is 3.77. The molecule has 3 aliphatic rings. The van der Waals surface area contributed by atoms with E-state index in [0.29, 0.717) is 48.0 Å². The molecule has 6 rings (SSSR count). The maximum Gasteiger partial charge on any atom is 0.490 e. The van der Waals surface area contributed by atoms with Crippen molar-refractivity contribution >= 4 is 72.8 Å². The number of phosphoric acid groups is 3. The predicted octanol–water partition coefficient (Wildman–Crippen LogP) is 2.67. The molecule has 1 saturated heterocycles. The SMILES string of the molecule is CCN1C(=CC=CC2=[N+](CCCCCC(=O)NC/C=C/c3cn([C@@H]4O[C@H](COP(=O)(O)OP(=O)(O)OP(=O)(O)O)[C@@H](O)[C@H]4O)c(=O)[nH]c3=O)c3ccc(S(=O)(=O)O)cc3C2(C)C)C(C)(C)c2cc(S(=O)(=O)[O-])ccc21. The molecular formula is C43H56N5O22P3S2. The van der Waals surface area contributed by atoms with Crippen LogP contribution in [0.3, 0.4) is 0 Å². The first-order valence-electron chi connectivity index (χ1n) is 22.7. The van der Waals surface area contributed by atoms with Crippen molar-refractivity contribution in [3.63, 3.8) is 0 Å². The number of amides is 1. The molecule has 32 heteroatoms. The minimum absolute atomic E-state index is 0.0737. The molecule has 0 saturated carbocycles. The zero-order valence-corrected chi connectivity index (χ0v) is 45.0. The Morgan fingerprint density at radius 2 is 1.57 bits per heavy atom. The van der Waals surface area contributed by atoms with E-state index in [1.165, 1.54) is 36.4 Å². The summed E-state index contributed by atoms with van der Waals surface area (Å²) in [4.78, 5) is 78.1. The first-order chi connectivity index (χ1) is 34.6. The maximum atomic E-state index is 12.8. The van der Waals surface area contributed by atoms with Gasteiger partial charge in [-0.25, -0.2) is 26.9 Å². The van der Waals surface area contributed by atoms with Crippen molar-refractivity contribution in [3.8, 4) is 0 Å². The highest BCUT2D eigenvalue weighted by molar-refractivity contribution is 7.86. The molecule has 0 bridgehead atoms. The molecule has 0 radical (unpaired) electrons. The number of ether oxygens (including phenoxy) is 1. The number of phosphoric ester groups is 1. The number of nitrogens with zero attached hydrogens (tertiary/aromatic N) is 3. The highest BCUT2D eigenvalue weighted by Crippen LogP contribution is 2.66. The van der Waals surface area contributed by atoms with E-state index in [9.17, 15) is 74.0 Å². The third-order valence-electron chi connectivity index (χ3n) is 12.6. The van der Waals surface area contributed by atoms with Crippen LogP contribution in [0.2, 0.25) is 0 Å². The number of unbranched alkanes of at least 4 members (excludes halogenated alkanes) is 2. The normalized spacial score (nSPS) is 22.7. The molecule has 1 amide bonds. The molecule has 412 valence electrons. The number of benzene rings is 2. The van der Waals surface area contributed by atoms with Gasteiger partial charge in [0, 0.05) is 66.6 Å². The molecule has 4 heterocycles. The monoisotopic (exact) mass is 1150 g/mol. The number of carbonyl (C=O) groups is 1. The van der Waals surface area contributed by atoms with Crippen LogP contribution in [-0.2, 0) is 67.4 Å². The van der Waals surface area contributed by atoms with Crippen LogP contribution < -0.4 is 21.5 Å². The quantitative estimate of drug-likeness (QED) is 0.0302. The number of nitrogens with one attached hydrogen (secondary N) is 2. The van der Waals surface area contributed by atoms with Crippen LogP contribution in [0, 0.1) is 0 Å². The fourth-order valence-corrected chi connectivity index (χ4v) is 13.0. The number of anilines is 1. The molecule has 9 N–H and O–H groups in total. The summed E-state index contributed by atoms with van der Waals surface area (Å²) in [6.07, 6.45) is 3.64. The first-order valence-corrected chi connectivity index (χ1v) is 30.1. The van der Waals surface area contributed by atoms with Crippen molar-refractivity contribution in [2.24, 2.45) is 0 Å². The number of hydrogen-bond donors (Lipinski definition) is 9. The summed E-state index contributed by atoms with van der Waals surface area (Å²) in [6, 6.07) is 8.71. The van der Waals surface area contributed by atoms with Crippen molar-refractivity contribution in [1.82, 2.24) is 14.9 Å². The topological polar surface area (TPSA) is 411 Å². The largest absolute Gasteiger partial charge is 0.744 e. The van der Waals surface area contributed by atoms with Gasteiger partial charge in [-0.05, 0) is 75.6 Å². The fourth-order valence-electron chi connectivity index (χ4n) is 8.99. The van der Waals surface area contributed by atoms with E-state index in [2.05, 4.69) is 18.5 Å². The summed E-state index contributed by atoms with van der Waals surface area (Å²) >= 11 is 0. The number of aliphatic hydroxyl groups is 2. The van der Waals surface area contributed by atoms with Crippen LogP contribution in [0.1, 0.15) is 83.2 Å². The van der Waals surface area contributed by atoms with Gasteiger partial charge in [-0.2, -0.15) is 21.6 Å². The van der Waals surface area contributed by atoms with Crippen LogP contribution in [0.15, 0.2) is 92.0 Å². The predicted molar refractivity (Wildman–Crippen MR) is 264 cm³/mol. The first kappa shape index (κ1) is 59.6. The summed E-state index contributed by atoms with van der Waals surface area (Å²) in [6.45, 7) is 9.41. The number of carbonyl (C=O) groups excluding carboxylic acids is 1. The molecular weight excluding hydrogens is 1100 g/mol. The Bertz CT molecular complexity index is 3360. The number of likely N-dealkylation sites (N-methyl/N-ethyl adjacent to an activating group) is 1. The van der Waals surface area contributed by atoms with E-state index in [-0.39, 0.29) is 34.2 Å². The lowest BCUT2D eigenvalue weighted by atomic mass is 9.81. The lowest BCUT2D eigenvalue weighted by Crippen LogP contribution is -2.38. The Morgan fingerprint density at radius 1 is 0.907 bits per heavy atom. The van der Waals surface area contributed by atoms with E-state index in [1.807, 2.05) is 67.3 Å². The Morgan fingerprint density at radius 3 is 2.21 bits per heavy atom. The molecule has 2 aromatic carbocycles. The van der Waals surface area contributed by atoms with Gasteiger partial charge in [0.15, 0.2) is 11.9 Å². The van der Waals surface area contributed by atoms with E-state index < -0.39 is 96.9 Å². The zero-order chi connectivity index (χ0) is 55.9.